The fourth-order valence-electron chi connectivity index (χ4n) is 3.25. The van der Waals surface area contributed by atoms with Crippen molar-refractivity contribution in [2.75, 3.05) is 32.8 Å². The molecule has 0 bridgehead atoms. The van der Waals surface area contributed by atoms with E-state index in [1.807, 2.05) is 43.0 Å². The average molecular weight is 338 g/mol. The molecule has 2 aromatic rings. The van der Waals surface area contributed by atoms with Gasteiger partial charge in [0.15, 0.2) is 6.61 Å². The normalized spacial score (nSPS) is 15.2. The summed E-state index contributed by atoms with van der Waals surface area (Å²) >= 11 is 0. The first-order valence-electron chi connectivity index (χ1n) is 8.86. The number of benzene rings is 2. The van der Waals surface area contributed by atoms with E-state index in [9.17, 15) is 4.79 Å². The van der Waals surface area contributed by atoms with E-state index in [0.29, 0.717) is 0 Å². The van der Waals surface area contributed by atoms with Gasteiger partial charge in [-0.05, 0) is 30.5 Å². The zero-order chi connectivity index (χ0) is 17.6. The summed E-state index contributed by atoms with van der Waals surface area (Å²) in [5, 5.41) is 0. The van der Waals surface area contributed by atoms with Crippen molar-refractivity contribution in [3.63, 3.8) is 0 Å². The molecular weight excluding hydrogens is 312 g/mol. The quantitative estimate of drug-likeness (QED) is 0.840. The third kappa shape index (κ3) is 4.60. The maximum Gasteiger partial charge on any atom is 0.260 e. The lowest BCUT2D eigenvalue weighted by Crippen LogP contribution is -2.49. The average Bonchev–Trinajstić information content (AvgIpc) is 2.62. The second-order valence-electron chi connectivity index (χ2n) is 6.65. The second kappa shape index (κ2) is 8.17. The van der Waals surface area contributed by atoms with Gasteiger partial charge in [-0.3, -0.25) is 9.69 Å². The monoisotopic (exact) mass is 338 g/mol. The molecule has 1 fully saturated rings. The number of hydrogen-bond acceptors (Lipinski definition) is 3. The van der Waals surface area contributed by atoms with Crippen LogP contribution < -0.4 is 4.74 Å². The Morgan fingerprint density at radius 1 is 0.920 bits per heavy atom. The number of ether oxygens (including phenoxy) is 1. The molecule has 1 aliphatic rings. The van der Waals surface area contributed by atoms with Gasteiger partial charge >= 0.3 is 0 Å². The first-order chi connectivity index (χ1) is 12.1. The zero-order valence-corrected chi connectivity index (χ0v) is 15.1. The molecule has 1 aliphatic heterocycles. The Hall–Kier alpha value is -2.33. The Balaban J connectivity index is 1.47. The van der Waals surface area contributed by atoms with Crippen molar-refractivity contribution in [1.82, 2.24) is 9.80 Å². The molecule has 1 saturated heterocycles. The van der Waals surface area contributed by atoms with Gasteiger partial charge in [0, 0.05) is 32.7 Å². The minimum atomic E-state index is 0.0713. The van der Waals surface area contributed by atoms with Crippen LogP contribution in [0.15, 0.2) is 48.5 Å². The molecule has 3 rings (SSSR count). The molecule has 0 N–H and O–H groups in total. The van der Waals surface area contributed by atoms with Crippen molar-refractivity contribution in [2.24, 2.45) is 0 Å². The van der Waals surface area contributed by atoms with Crippen LogP contribution in [0.2, 0.25) is 0 Å². The number of hydrogen-bond donors (Lipinski definition) is 0. The Morgan fingerprint density at radius 3 is 2.20 bits per heavy atom. The largest absolute Gasteiger partial charge is 0.483 e. The van der Waals surface area contributed by atoms with E-state index in [0.717, 1.165) is 49.6 Å². The van der Waals surface area contributed by atoms with Crippen LogP contribution in [0.5, 0.6) is 5.75 Å². The molecule has 1 amide bonds. The molecule has 132 valence electrons. The summed E-state index contributed by atoms with van der Waals surface area (Å²) in [5.74, 6) is 0.903. The van der Waals surface area contributed by atoms with E-state index in [1.165, 1.54) is 5.56 Å². The van der Waals surface area contributed by atoms with E-state index >= 15 is 0 Å². The Morgan fingerprint density at radius 2 is 1.56 bits per heavy atom. The molecule has 0 unspecified atom stereocenters. The zero-order valence-electron chi connectivity index (χ0n) is 15.1. The number of para-hydroxylation sites is 1. The van der Waals surface area contributed by atoms with Gasteiger partial charge in [-0.2, -0.15) is 0 Å². The van der Waals surface area contributed by atoms with E-state index in [1.54, 1.807) is 0 Å². The minimum absolute atomic E-state index is 0.0713. The number of rotatable bonds is 5. The second-order valence-corrected chi connectivity index (χ2v) is 6.65. The summed E-state index contributed by atoms with van der Waals surface area (Å²) in [6.07, 6.45) is 0. The third-order valence-electron chi connectivity index (χ3n) is 4.72. The SMILES string of the molecule is Cc1cccc(C)c1OCC(=O)N1CCN(Cc2ccccc2)CC1. The Kier molecular flexibility index (Phi) is 5.71. The number of carbonyl (C=O) groups is 1. The summed E-state index contributed by atoms with van der Waals surface area (Å²) in [7, 11) is 0. The summed E-state index contributed by atoms with van der Waals surface area (Å²) in [6, 6.07) is 16.5. The van der Waals surface area contributed by atoms with Crippen molar-refractivity contribution in [3.05, 3.63) is 65.2 Å². The standard InChI is InChI=1S/C21H26N2O2/c1-17-7-6-8-18(2)21(17)25-16-20(24)23-13-11-22(12-14-23)15-19-9-4-3-5-10-19/h3-10H,11-16H2,1-2H3. The molecule has 0 aromatic heterocycles. The first kappa shape index (κ1) is 17.5. The molecule has 0 radical (unpaired) electrons. The van der Waals surface area contributed by atoms with Gasteiger partial charge in [0.1, 0.15) is 5.75 Å². The lowest BCUT2D eigenvalue weighted by atomic mass is 10.1. The van der Waals surface area contributed by atoms with E-state index in [2.05, 4.69) is 29.2 Å². The van der Waals surface area contributed by atoms with E-state index in [-0.39, 0.29) is 12.5 Å². The number of amides is 1. The highest BCUT2D eigenvalue weighted by atomic mass is 16.5. The van der Waals surface area contributed by atoms with Gasteiger partial charge in [-0.15, -0.1) is 0 Å². The molecule has 4 nitrogen and oxygen atoms in total. The Bertz CT molecular complexity index is 687. The van der Waals surface area contributed by atoms with Gasteiger partial charge in [-0.25, -0.2) is 0 Å². The smallest absolute Gasteiger partial charge is 0.260 e. The number of carbonyl (C=O) groups excluding carboxylic acids is 1. The van der Waals surface area contributed by atoms with Crippen LogP contribution in [0.4, 0.5) is 0 Å². The van der Waals surface area contributed by atoms with Crippen molar-refractivity contribution >= 4 is 5.91 Å². The highest BCUT2D eigenvalue weighted by Gasteiger charge is 2.21. The fourth-order valence-corrected chi connectivity index (χ4v) is 3.25. The van der Waals surface area contributed by atoms with Crippen LogP contribution in [0.1, 0.15) is 16.7 Å². The summed E-state index contributed by atoms with van der Waals surface area (Å²) < 4.78 is 5.80. The van der Waals surface area contributed by atoms with Gasteiger partial charge < -0.3 is 9.64 Å². The van der Waals surface area contributed by atoms with Crippen LogP contribution in [0.3, 0.4) is 0 Å². The molecular formula is C21H26N2O2. The first-order valence-corrected chi connectivity index (χ1v) is 8.86. The van der Waals surface area contributed by atoms with Crippen molar-refractivity contribution in [2.45, 2.75) is 20.4 Å². The van der Waals surface area contributed by atoms with Crippen molar-refractivity contribution < 1.29 is 9.53 Å². The molecule has 0 atom stereocenters. The Labute approximate surface area is 150 Å². The molecule has 4 heteroatoms. The van der Waals surface area contributed by atoms with Crippen LogP contribution in [-0.4, -0.2) is 48.5 Å². The lowest BCUT2D eigenvalue weighted by molar-refractivity contribution is -0.135. The molecule has 0 spiro atoms. The molecule has 2 aromatic carbocycles. The van der Waals surface area contributed by atoms with Crippen LogP contribution >= 0.6 is 0 Å². The van der Waals surface area contributed by atoms with Gasteiger partial charge in [0.25, 0.3) is 5.91 Å². The van der Waals surface area contributed by atoms with E-state index < -0.39 is 0 Å². The summed E-state index contributed by atoms with van der Waals surface area (Å²) in [5.41, 5.74) is 3.46. The van der Waals surface area contributed by atoms with Gasteiger partial charge in [0.05, 0.1) is 0 Å². The predicted molar refractivity (Wildman–Crippen MR) is 99.7 cm³/mol. The van der Waals surface area contributed by atoms with Gasteiger partial charge in [0.2, 0.25) is 0 Å². The predicted octanol–water partition coefficient (Wildman–Crippen LogP) is 3.03. The van der Waals surface area contributed by atoms with Crippen LogP contribution in [-0.2, 0) is 11.3 Å². The third-order valence-corrected chi connectivity index (χ3v) is 4.72. The fraction of sp³-hybridized carbons (Fsp3) is 0.381. The van der Waals surface area contributed by atoms with E-state index in [4.69, 9.17) is 4.74 Å². The van der Waals surface area contributed by atoms with Crippen molar-refractivity contribution in [1.29, 1.82) is 0 Å². The number of piperazine rings is 1. The molecule has 0 aliphatic carbocycles. The molecule has 0 saturated carbocycles. The molecule has 1 heterocycles. The van der Waals surface area contributed by atoms with Crippen molar-refractivity contribution in [3.8, 4) is 5.75 Å². The molecule has 25 heavy (non-hydrogen) atoms. The topological polar surface area (TPSA) is 32.8 Å². The lowest BCUT2D eigenvalue weighted by Gasteiger charge is -2.34. The van der Waals surface area contributed by atoms with Crippen LogP contribution in [0, 0.1) is 13.8 Å². The number of aryl methyl sites for hydroxylation is 2. The summed E-state index contributed by atoms with van der Waals surface area (Å²) in [6.45, 7) is 8.42. The maximum atomic E-state index is 12.4. The number of nitrogens with zero attached hydrogens (tertiary/aromatic N) is 2. The van der Waals surface area contributed by atoms with Crippen LogP contribution in [0.25, 0.3) is 0 Å². The minimum Gasteiger partial charge on any atom is -0.483 e. The summed E-state index contributed by atoms with van der Waals surface area (Å²) in [4.78, 5) is 16.7. The maximum absolute atomic E-state index is 12.4. The highest BCUT2D eigenvalue weighted by molar-refractivity contribution is 5.78. The van der Waals surface area contributed by atoms with Gasteiger partial charge in [-0.1, -0.05) is 48.5 Å². The highest BCUT2D eigenvalue weighted by Crippen LogP contribution is 2.22.